The van der Waals surface area contributed by atoms with Crippen molar-refractivity contribution in [1.82, 2.24) is 10.2 Å². The van der Waals surface area contributed by atoms with E-state index in [0.29, 0.717) is 18.0 Å². The summed E-state index contributed by atoms with van der Waals surface area (Å²) < 4.78 is 11.4. The molecule has 4 rings (SSSR count). The van der Waals surface area contributed by atoms with Crippen LogP contribution < -0.4 is 10.1 Å². The van der Waals surface area contributed by atoms with Crippen LogP contribution in [0, 0.1) is 0 Å². The van der Waals surface area contributed by atoms with Crippen molar-refractivity contribution in [2.45, 2.75) is 31.4 Å². The Morgan fingerprint density at radius 3 is 2.92 bits per heavy atom. The molecule has 3 heterocycles. The monoisotopic (exact) mass is 360 g/mol. The third-order valence-corrected chi connectivity index (χ3v) is 5.15. The first kappa shape index (κ1) is 16.5. The van der Waals surface area contributed by atoms with E-state index in [9.17, 15) is 4.79 Å². The van der Waals surface area contributed by atoms with Crippen molar-refractivity contribution < 1.29 is 13.9 Å². The quantitative estimate of drug-likeness (QED) is 0.889. The molecule has 1 saturated heterocycles. The molecule has 5 nitrogen and oxygen atoms in total. The second-order valence-electron chi connectivity index (χ2n) is 6.58. The number of hydrogen-bond donors (Lipinski definition) is 1. The second kappa shape index (κ2) is 7.10. The molecular weight excluding hydrogens is 340 g/mol. The van der Waals surface area contributed by atoms with E-state index in [-0.39, 0.29) is 11.9 Å². The average Bonchev–Trinajstić information content (AvgIpc) is 3.36. The maximum absolute atomic E-state index is 12.6. The molecular formula is C19H21ClN2O3. The number of hydrogen-bond acceptors (Lipinski definition) is 4. The van der Waals surface area contributed by atoms with Crippen LogP contribution >= 0.6 is 11.6 Å². The van der Waals surface area contributed by atoms with Gasteiger partial charge in [0.05, 0.1) is 12.3 Å². The third-order valence-electron chi connectivity index (χ3n) is 4.91. The lowest BCUT2D eigenvalue weighted by molar-refractivity contribution is -0.127. The molecule has 0 bridgehead atoms. The summed E-state index contributed by atoms with van der Waals surface area (Å²) >= 11 is 6.01. The van der Waals surface area contributed by atoms with Crippen LogP contribution in [-0.2, 0) is 11.2 Å². The molecule has 0 aliphatic carbocycles. The largest absolute Gasteiger partial charge is 0.480 e. The zero-order chi connectivity index (χ0) is 17.2. The predicted octanol–water partition coefficient (Wildman–Crippen LogP) is 3.19. The van der Waals surface area contributed by atoms with Crippen LogP contribution in [0.5, 0.6) is 5.75 Å². The number of furan rings is 1. The van der Waals surface area contributed by atoms with E-state index in [1.807, 2.05) is 24.3 Å². The lowest BCUT2D eigenvalue weighted by Gasteiger charge is -2.26. The standard InChI is InChI=1S/C19H21ClN2O3/c20-14-5-6-16-13(10-14)11-18(25-16)19(23)21-12-15(17-4-3-9-24-17)22-7-1-2-8-22/h3-6,9-10,15,18H,1-2,7-8,11-12H2,(H,21,23). The van der Waals surface area contributed by atoms with Gasteiger partial charge in [0.25, 0.3) is 5.91 Å². The highest BCUT2D eigenvalue weighted by Crippen LogP contribution is 2.31. The molecule has 1 aromatic heterocycles. The van der Waals surface area contributed by atoms with Crippen molar-refractivity contribution in [3.8, 4) is 5.75 Å². The fourth-order valence-corrected chi connectivity index (χ4v) is 3.81. The lowest BCUT2D eigenvalue weighted by atomic mass is 10.1. The summed E-state index contributed by atoms with van der Waals surface area (Å²) in [6, 6.07) is 9.39. The van der Waals surface area contributed by atoms with Crippen molar-refractivity contribution in [2.75, 3.05) is 19.6 Å². The Labute approximate surface area is 151 Å². The Morgan fingerprint density at radius 2 is 2.16 bits per heavy atom. The summed E-state index contributed by atoms with van der Waals surface area (Å²) in [5, 5.41) is 3.70. The molecule has 1 N–H and O–H groups in total. The SMILES string of the molecule is O=C(NCC(c1ccco1)N1CCCC1)C1Cc2cc(Cl)ccc2O1. The molecule has 0 radical (unpaired) electrons. The Balaban J connectivity index is 1.39. The van der Waals surface area contributed by atoms with Crippen molar-refractivity contribution in [3.63, 3.8) is 0 Å². The van der Waals surface area contributed by atoms with Crippen LogP contribution in [0.15, 0.2) is 41.0 Å². The molecule has 6 heteroatoms. The van der Waals surface area contributed by atoms with Gasteiger partial charge in [-0.1, -0.05) is 11.6 Å². The number of likely N-dealkylation sites (tertiary alicyclic amines) is 1. The third kappa shape index (κ3) is 3.53. The number of nitrogens with one attached hydrogen (secondary N) is 1. The summed E-state index contributed by atoms with van der Waals surface area (Å²) in [4.78, 5) is 14.9. The number of carbonyl (C=O) groups excluding carboxylic acids is 1. The van der Waals surface area contributed by atoms with Gasteiger partial charge >= 0.3 is 0 Å². The molecule has 1 fully saturated rings. The molecule has 2 unspecified atom stereocenters. The van der Waals surface area contributed by atoms with Crippen molar-refractivity contribution in [2.24, 2.45) is 0 Å². The highest BCUT2D eigenvalue weighted by atomic mass is 35.5. The van der Waals surface area contributed by atoms with E-state index in [2.05, 4.69) is 10.2 Å². The highest BCUT2D eigenvalue weighted by Gasteiger charge is 2.31. The lowest BCUT2D eigenvalue weighted by Crippen LogP contribution is -2.42. The van der Waals surface area contributed by atoms with Gasteiger partial charge in [-0.15, -0.1) is 0 Å². The number of benzene rings is 1. The molecule has 2 aromatic rings. The fraction of sp³-hybridized carbons (Fsp3) is 0.421. The Hall–Kier alpha value is -1.98. The van der Waals surface area contributed by atoms with Crippen LogP contribution in [0.3, 0.4) is 0 Å². The minimum absolute atomic E-state index is 0.0691. The van der Waals surface area contributed by atoms with Gasteiger partial charge in [-0.25, -0.2) is 0 Å². The summed E-state index contributed by atoms with van der Waals surface area (Å²) in [5.74, 6) is 1.54. The van der Waals surface area contributed by atoms with Gasteiger partial charge in [0.1, 0.15) is 11.5 Å². The number of halogens is 1. The number of nitrogens with zero attached hydrogens (tertiary/aromatic N) is 1. The Kier molecular flexibility index (Phi) is 4.68. The van der Waals surface area contributed by atoms with Crippen LogP contribution in [-0.4, -0.2) is 36.5 Å². The Morgan fingerprint density at radius 1 is 1.32 bits per heavy atom. The first-order chi connectivity index (χ1) is 12.2. The minimum atomic E-state index is -0.496. The van der Waals surface area contributed by atoms with Crippen LogP contribution in [0.25, 0.3) is 0 Å². The molecule has 1 aromatic carbocycles. The van der Waals surface area contributed by atoms with Gasteiger partial charge in [-0.3, -0.25) is 9.69 Å². The molecule has 2 atom stereocenters. The van der Waals surface area contributed by atoms with Gasteiger partial charge in [0.15, 0.2) is 6.10 Å². The van der Waals surface area contributed by atoms with Gasteiger partial charge in [0.2, 0.25) is 0 Å². The average molecular weight is 361 g/mol. The fourth-order valence-electron chi connectivity index (χ4n) is 3.62. The zero-order valence-electron chi connectivity index (χ0n) is 13.9. The van der Waals surface area contributed by atoms with Gasteiger partial charge < -0.3 is 14.5 Å². The molecule has 0 spiro atoms. The maximum Gasteiger partial charge on any atom is 0.261 e. The summed E-state index contributed by atoms with van der Waals surface area (Å²) in [6.07, 6.45) is 4.11. The second-order valence-corrected chi connectivity index (χ2v) is 7.02. The number of fused-ring (bicyclic) bond motifs is 1. The first-order valence-corrected chi connectivity index (χ1v) is 9.09. The number of carbonyl (C=O) groups is 1. The van der Waals surface area contributed by atoms with Gasteiger partial charge in [0, 0.05) is 18.0 Å². The van der Waals surface area contributed by atoms with E-state index in [1.165, 1.54) is 12.8 Å². The van der Waals surface area contributed by atoms with Crippen LogP contribution in [0.2, 0.25) is 5.02 Å². The zero-order valence-corrected chi connectivity index (χ0v) is 14.7. The Bertz CT molecular complexity index is 741. The summed E-state index contributed by atoms with van der Waals surface area (Å²) in [5.41, 5.74) is 0.981. The first-order valence-electron chi connectivity index (χ1n) is 8.71. The molecule has 2 aliphatic rings. The molecule has 132 valence electrons. The molecule has 25 heavy (non-hydrogen) atoms. The van der Waals surface area contributed by atoms with Crippen molar-refractivity contribution in [3.05, 3.63) is 52.9 Å². The number of amides is 1. The van der Waals surface area contributed by atoms with Gasteiger partial charge in [-0.05, 0) is 61.8 Å². The van der Waals surface area contributed by atoms with E-state index in [1.54, 1.807) is 12.3 Å². The van der Waals surface area contributed by atoms with Crippen molar-refractivity contribution in [1.29, 1.82) is 0 Å². The van der Waals surface area contributed by atoms with E-state index in [4.69, 9.17) is 20.8 Å². The smallest absolute Gasteiger partial charge is 0.261 e. The summed E-state index contributed by atoms with van der Waals surface area (Å²) in [6.45, 7) is 2.58. The molecule has 1 amide bonds. The highest BCUT2D eigenvalue weighted by molar-refractivity contribution is 6.30. The van der Waals surface area contributed by atoms with Crippen molar-refractivity contribution >= 4 is 17.5 Å². The number of rotatable bonds is 5. The molecule has 2 aliphatic heterocycles. The van der Waals surface area contributed by atoms with E-state index >= 15 is 0 Å². The minimum Gasteiger partial charge on any atom is -0.480 e. The predicted molar refractivity (Wildman–Crippen MR) is 94.8 cm³/mol. The van der Waals surface area contributed by atoms with Crippen LogP contribution in [0.1, 0.15) is 30.2 Å². The van der Waals surface area contributed by atoms with E-state index in [0.717, 1.165) is 30.2 Å². The van der Waals surface area contributed by atoms with Gasteiger partial charge in [-0.2, -0.15) is 0 Å². The summed E-state index contributed by atoms with van der Waals surface area (Å²) in [7, 11) is 0. The maximum atomic E-state index is 12.6. The molecule has 0 saturated carbocycles. The number of ether oxygens (including phenoxy) is 1. The topological polar surface area (TPSA) is 54.7 Å². The normalized spacial score (nSPS) is 20.9. The van der Waals surface area contributed by atoms with E-state index < -0.39 is 6.10 Å². The van der Waals surface area contributed by atoms with Crippen LogP contribution in [0.4, 0.5) is 0 Å².